The number of rotatable bonds is 4. The highest BCUT2D eigenvalue weighted by Crippen LogP contribution is 2.21. The molecule has 2 rings (SSSR count). The molecular formula is C15H10O6-2. The highest BCUT2D eigenvalue weighted by molar-refractivity contribution is 5.91. The van der Waals surface area contributed by atoms with Gasteiger partial charge in [-0.2, -0.15) is 0 Å². The summed E-state index contributed by atoms with van der Waals surface area (Å²) in [4.78, 5) is 21.8. The fraction of sp³-hybridized carbons (Fsp3) is 0.0667. The predicted octanol–water partition coefficient (Wildman–Crippen LogP) is 0.821. The van der Waals surface area contributed by atoms with Gasteiger partial charge in [0.05, 0.1) is 11.1 Å². The zero-order valence-corrected chi connectivity index (χ0v) is 10.7. The quantitative estimate of drug-likeness (QED) is 0.858. The molecule has 0 aliphatic heterocycles. The van der Waals surface area contributed by atoms with Gasteiger partial charge in [-0.25, -0.2) is 9.59 Å². The van der Waals surface area contributed by atoms with Crippen LogP contribution in [0, 0.1) is 0 Å². The monoisotopic (exact) mass is 286 g/mol. The second-order valence-corrected chi connectivity index (χ2v) is 4.45. The van der Waals surface area contributed by atoms with Crippen LogP contribution in [0.4, 0.5) is 0 Å². The number of aromatic carboxylic acids is 2. The standard InChI is InChI=1S/C15H12O6/c16-12-3-1-8(6-10(12)14(18)19)5-9-2-4-13(17)11(7-9)15(20)21/h1-4,6-7,16-17H,5H2,(H,18,19)(H,20,21)/p-2. The van der Waals surface area contributed by atoms with Crippen molar-refractivity contribution in [1.29, 1.82) is 0 Å². The molecule has 0 saturated heterocycles. The van der Waals surface area contributed by atoms with E-state index in [0.717, 1.165) is 12.1 Å². The summed E-state index contributed by atoms with van der Waals surface area (Å²) in [7, 11) is 0. The smallest absolute Gasteiger partial charge is 0.335 e. The summed E-state index contributed by atoms with van der Waals surface area (Å²) < 4.78 is 0. The molecule has 6 heteroatoms. The van der Waals surface area contributed by atoms with Crippen LogP contribution in [-0.2, 0) is 6.42 Å². The molecular weight excluding hydrogens is 276 g/mol. The molecule has 2 aromatic carbocycles. The molecule has 21 heavy (non-hydrogen) atoms. The summed E-state index contributed by atoms with van der Waals surface area (Å²) in [6.07, 6.45) is 0.223. The van der Waals surface area contributed by atoms with E-state index in [1.54, 1.807) is 0 Å². The fourth-order valence-electron chi connectivity index (χ4n) is 1.94. The number of carboxylic acid groups (broad SMARTS) is 2. The predicted molar refractivity (Wildman–Crippen MR) is 68.5 cm³/mol. The van der Waals surface area contributed by atoms with Gasteiger partial charge in [-0.3, -0.25) is 0 Å². The average Bonchev–Trinajstić information content (AvgIpc) is 2.42. The van der Waals surface area contributed by atoms with Crippen LogP contribution in [0.25, 0.3) is 0 Å². The van der Waals surface area contributed by atoms with Crippen molar-refractivity contribution >= 4 is 11.9 Å². The van der Waals surface area contributed by atoms with Crippen molar-refractivity contribution in [3.63, 3.8) is 0 Å². The van der Waals surface area contributed by atoms with Crippen molar-refractivity contribution < 1.29 is 30.0 Å². The first-order valence-electron chi connectivity index (χ1n) is 5.95. The highest BCUT2D eigenvalue weighted by Gasteiger charge is 2.08. The molecule has 0 radical (unpaired) electrons. The van der Waals surface area contributed by atoms with E-state index >= 15 is 0 Å². The van der Waals surface area contributed by atoms with Crippen LogP contribution in [0.5, 0.6) is 11.5 Å². The van der Waals surface area contributed by atoms with E-state index in [4.69, 9.17) is 10.2 Å². The molecule has 108 valence electrons. The van der Waals surface area contributed by atoms with E-state index in [1.165, 1.54) is 24.3 Å². The van der Waals surface area contributed by atoms with Gasteiger partial charge >= 0.3 is 11.9 Å². The maximum Gasteiger partial charge on any atom is 0.335 e. The average molecular weight is 286 g/mol. The molecule has 0 fully saturated rings. The van der Waals surface area contributed by atoms with Crippen molar-refractivity contribution in [1.82, 2.24) is 0 Å². The van der Waals surface area contributed by atoms with Gasteiger partial charge in [-0.1, -0.05) is 35.8 Å². The van der Waals surface area contributed by atoms with E-state index in [9.17, 15) is 19.8 Å². The van der Waals surface area contributed by atoms with Crippen LogP contribution in [0.3, 0.4) is 0 Å². The molecule has 0 aliphatic rings. The van der Waals surface area contributed by atoms with Gasteiger partial charge in [0.1, 0.15) is 0 Å². The van der Waals surface area contributed by atoms with Gasteiger partial charge in [0.2, 0.25) is 0 Å². The first-order chi connectivity index (χ1) is 9.88. The molecule has 6 nitrogen and oxygen atoms in total. The molecule has 0 bridgehead atoms. The van der Waals surface area contributed by atoms with Gasteiger partial charge in [0.15, 0.2) is 0 Å². The Bertz CT molecular complexity index is 659. The maximum absolute atomic E-state index is 11.4. The summed E-state index contributed by atoms with van der Waals surface area (Å²) in [5.74, 6) is -3.81. The number of carbonyl (C=O) groups is 2. The summed E-state index contributed by atoms with van der Waals surface area (Å²) in [6.45, 7) is 0. The van der Waals surface area contributed by atoms with Crippen molar-refractivity contribution in [3.05, 3.63) is 58.7 Å². The molecule has 2 N–H and O–H groups in total. The van der Waals surface area contributed by atoms with Crippen LogP contribution < -0.4 is 10.2 Å². The van der Waals surface area contributed by atoms with Crippen molar-refractivity contribution in [2.24, 2.45) is 0 Å². The molecule has 0 unspecified atom stereocenters. The van der Waals surface area contributed by atoms with Crippen LogP contribution in [0.2, 0.25) is 0 Å². The zero-order chi connectivity index (χ0) is 15.6. The zero-order valence-electron chi connectivity index (χ0n) is 10.7. The Balaban J connectivity index is 2.34. The summed E-state index contributed by atoms with van der Waals surface area (Å²) in [6, 6.07) is 7.74. The van der Waals surface area contributed by atoms with Gasteiger partial charge in [0.25, 0.3) is 0 Å². The summed E-state index contributed by atoms with van der Waals surface area (Å²) >= 11 is 0. The first kappa shape index (κ1) is 14.4. The molecule has 0 amide bonds. The summed E-state index contributed by atoms with van der Waals surface area (Å²) in [5.41, 5.74) is 0.404. The van der Waals surface area contributed by atoms with Gasteiger partial charge < -0.3 is 20.4 Å². The molecule has 2 aromatic rings. The van der Waals surface area contributed by atoms with E-state index in [2.05, 4.69) is 0 Å². The van der Waals surface area contributed by atoms with Gasteiger partial charge in [-0.15, -0.1) is 0 Å². The largest absolute Gasteiger partial charge is 0.872 e. The lowest BCUT2D eigenvalue weighted by atomic mass is 10.0. The van der Waals surface area contributed by atoms with Crippen molar-refractivity contribution in [2.45, 2.75) is 6.42 Å². The lowest BCUT2D eigenvalue weighted by molar-refractivity contribution is -0.269. The fourth-order valence-corrected chi connectivity index (χ4v) is 1.94. The Hall–Kier alpha value is -3.02. The number of benzene rings is 2. The van der Waals surface area contributed by atoms with E-state index in [0.29, 0.717) is 11.1 Å². The van der Waals surface area contributed by atoms with E-state index in [-0.39, 0.29) is 17.5 Å². The molecule has 0 aliphatic carbocycles. The molecule has 0 atom stereocenters. The normalized spacial score (nSPS) is 10.3. The Morgan fingerprint density at radius 2 is 1.19 bits per heavy atom. The summed E-state index contributed by atoms with van der Waals surface area (Å²) in [5, 5.41) is 40.5. The Labute approximate surface area is 119 Å². The minimum absolute atomic E-state index is 0.223. The minimum atomic E-state index is -1.32. The van der Waals surface area contributed by atoms with Crippen molar-refractivity contribution in [2.75, 3.05) is 0 Å². The Morgan fingerprint density at radius 1 is 0.810 bits per heavy atom. The first-order valence-corrected chi connectivity index (χ1v) is 5.95. The minimum Gasteiger partial charge on any atom is -0.872 e. The Morgan fingerprint density at radius 3 is 1.52 bits per heavy atom. The second kappa shape index (κ2) is 5.54. The van der Waals surface area contributed by atoms with Crippen molar-refractivity contribution in [3.8, 4) is 11.5 Å². The van der Waals surface area contributed by atoms with Crippen LogP contribution in [0.15, 0.2) is 36.4 Å². The van der Waals surface area contributed by atoms with Gasteiger partial charge in [-0.05, 0) is 29.7 Å². The molecule has 0 aromatic heterocycles. The maximum atomic E-state index is 11.4. The molecule has 0 heterocycles. The lowest BCUT2D eigenvalue weighted by Crippen LogP contribution is -2.06. The van der Waals surface area contributed by atoms with Crippen LogP contribution in [-0.4, -0.2) is 22.2 Å². The lowest BCUT2D eigenvalue weighted by Gasteiger charge is -2.14. The highest BCUT2D eigenvalue weighted by atomic mass is 16.4. The molecule has 0 spiro atoms. The van der Waals surface area contributed by atoms with Gasteiger partial charge in [0, 0.05) is 0 Å². The number of hydrogen-bond acceptors (Lipinski definition) is 4. The number of hydrogen-bond donors (Lipinski definition) is 2. The Kier molecular flexibility index (Phi) is 3.80. The number of carboxylic acids is 2. The van der Waals surface area contributed by atoms with E-state index < -0.39 is 23.4 Å². The third kappa shape index (κ3) is 3.11. The second-order valence-electron chi connectivity index (χ2n) is 4.45. The van der Waals surface area contributed by atoms with Crippen LogP contribution in [0.1, 0.15) is 31.8 Å². The third-order valence-electron chi connectivity index (χ3n) is 2.96. The third-order valence-corrected chi connectivity index (χ3v) is 2.96. The van der Waals surface area contributed by atoms with Crippen LogP contribution >= 0.6 is 0 Å². The molecule has 0 saturated carbocycles. The SMILES string of the molecule is O=C(O)c1cc(Cc2ccc([O-])c(C(=O)O)c2)ccc1[O-]. The van der Waals surface area contributed by atoms with E-state index in [1.807, 2.05) is 0 Å². The topological polar surface area (TPSA) is 121 Å².